The number of nitrogens with zero attached hydrogens (tertiary/aromatic N) is 2. The molecular weight excluding hydrogens is 250 g/mol. The molecule has 2 aromatic rings. The van der Waals surface area contributed by atoms with Gasteiger partial charge in [0.15, 0.2) is 5.75 Å². The lowest BCUT2D eigenvalue weighted by Gasteiger charge is -2.11. The van der Waals surface area contributed by atoms with Crippen LogP contribution in [0.4, 0.5) is 5.69 Å². The third-order valence-corrected chi connectivity index (χ3v) is 2.96. The molecule has 2 rings (SSSR count). The van der Waals surface area contributed by atoms with E-state index >= 15 is 0 Å². The van der Waals surface area contributed by atoms with Gasteiger partial charge < -0.3 is 10.1 Å². The molecule has 1 heterocycles. The van der Waals surface area contributed by atoms with E-state index in [1.54, 1.807) is 13.2 Å². The number of rotatable bonds is 5. The highest BCUT2D eigenvalue weighted by atomic mass is 35.5. The Labute approximate surface area is 112 Å². The maximum absolute atomic E-state index is 6.06. The molecule has 0 saturated carbocycles. The Balaban J connectivity index is 2.08. The van der Waals surface area contributed by atoms with Gasteiger partial charge in [-0.25, -0.2) is 0 Å². The number of para-hydroxylation sites is 1. The highest BCUT2D eigenvalue weighted by molar-refractivity contribution is 6.32. The quantitative estimate of drug-likeness (QED) is 0.903. The summed E-state index contributed by atoms with van der Waals surface area (Å²) < 4.78 is 7.17. The van der Waals surface area contributed by atoms with Crippen LogP contribution >= 0.6 is 11.6 Å². The number of nitrogens with one attached hydrogen (secondary N) is 1. The van der Waals surface area contributed by atoms with Crippen LogP contribution in [0.2, 0.25) is 5.02 Å². The highest BCUT2D eigenvalue weighted by Crippen LogP contribution is 2.32. The zero-order valence-corrected chi connectivity index (χ0v) is 11.2. The standard InChI is InChI=1S/C13H16ClN3O/c1-3-17-9-10(8-16-17)7-15-12-6-4-5-11(14)13(12)18-2/h4-6,8-9,15H,3,7H2,1-2H3. The van der Waals surface area contributed by atoms with E-state index in [2.05, 4.69) is 17.3 Å². The van der Waals surface area contributed by atoms with Crippen LogP contribution in [0, 0.1) is 0 Å². The molecule has 1 aromatic carbocycles. The average Bonchev–Trinajstić information content (AvgIpc) is 2.84. The van der Waals surface area contributed by atoms with Gasteiger partial charge >= 0.3 is 0 Å². The predicted molar refractivity (Wildman–Crippen MR) is 73.2 cm³/mol. The number of halogens is 1. The van der Waals surface area contributed by atoms with Gasteiger partial charge in [0.05, 0.1) is 24.0 Å². The van der Waals surface area contributed by atoms with E-state index in [4.69, 9.17) is 16.3 Å². The minimum Gasteiger partial charge on any atom is -0.493 e. The number of methoxy groups -OCH3 is 1. The minimum absolute atomic E-state index is 0.603. The van der Waals surface area contributed by atoms with E-state index in [0.717, 1.165) is 17.8 Å². The Morgan fingerprint density at radius 3 is 2.94 bits per heavy atom. The molecule has 1 aromatic heterocycles. The van der Waals surface area contributed by atoms with E-state index in [9.17, 15) is 0 Å². The van der Waals surface area contributed by atoms with Crippen molar-refractivity contribution in [3.63, 3.8) is 0 Å². The first-order valence-electron chi connectivity index (χ1n) is 5.82. The average molecular weight is 266 g/mol. The van der Waals surface area contributed by atoms with E-state index < -0.39 is 0 Å². The maximum Gasteiger partial charge on any atom is 0.160 e. The normalized spacial score (nSPS) is 10.4. The summed E-state index contributed by atoms with van der Waals surface area (Å²) >= 11 is 6.06. The van der Waals surface area contributed by atoms with Gasteiger partial charge in [-0.2, -0.15) is 5.10 Å². The maximum atomic E-state index is 6.06. The van der Waals surface area contributed by atoms with Crippen molar-refractivity contribution in [2.45, 2.75) is 20.0 Å². The number of hydrogen-bond acceptors (Lipinski definition) is 3. The van der Waals surface area contributed by atoms with Gasteiger partial charge in [-0.3, -0.25) is 4.68 Å². The van der Waals surface area contributed by atoms with Crippen molar-refractivity contribution in [1.82, 2.24) is 9.78 Å². The van der Waals surface area contributed by atoms with E-state index in [1.165, 1.54) is 0 Å². The Hall–Kier alpha value is -1.68. The van der Waals surface area contributed by atoms with Crippen molar-refractivity contribution in [2.75, 3.05) is 12.4 Å². The summed E-state index contributed by atoms with van der Waals surface area (Å²) in [4.78, 5) is 0. The van der Waals surface area contributed by atoms with Crippen LogP contribution in [0.5, 0.6) is 5.75 Å². The molecule has 0 amide bonds. The monoisotopic (exact) mass is 265 g/mol. The summed E-state index contributed by atoms with van der Waals surface area (Å²) in [5.41, 5.74) is 2.01. The topological polar surface area (TPSA) is 39.1 Å². The number of ether oxygens (including phenoxy) is 1. The summed E-state index contributed by atoms with van der Waals surface area (Å²) in [5, 5.41) is 8.13. The van der Waals surface area contributed by atoms with Crippen LogP contribution in [0.1, 0.15) is 12.5 Å². The first kappa shape index (κ1) is 12.8. The number of anilines is 1. The summed E-state index contributed by atoms with van der Waals surface area (Å²) in [5.74, 6) is 0.669. The second-order valence-electron chi connectivity index (χ2n) is 3.88. The van der Waals surface area contributed by atoms with Gasteiger partial charge in [-0.1, -0.05) is 17.7 Å². The second kappa shape index (κ2) is 5.78. The Kier molecular flexibility index (Phi) is 4.10. The fourth-order valence-electron chi connectivity index (χ4n) is 1.72. The van der Waals surface area contributed by atoms with Crippen molar-refractivity contribution in [1.29, 1.82) is 0 Å². The number of hydrogen-bond donors (Lipinski definition) is 1. The molecule has 0 saturated heterocycles. The zero-order valence-electron chi connectivity index (χ0n) is 10.5. The molecule has 0 spiro atoms. The fourth-order valence-corrected chi connectivity index (χ4v) is 1.98. The van der Waals surface area contributed by atoms with Crippen LogP contribution in [-0.2, 0) is 13.1 Å². The summed E-state index contributed by atoms with van der Waals surface area (Å²) in [6.07, 6.45) is 3.87. The van der Waals surface area contributed by atoms with Crippen LogP contribution in [0.3, 0.4) is 0 Å². The van der Waals surface area contributed by atoms with Crippen molar-refractivity contribution in [2.24, 2.45) is 0 Å². The van der Waals surface area contributed by atoms with Gasteiger partial charge in [-0.15, -0.1) is 0 Å². The van der Waals surface area contributed by atoms with Crippen LogP contribution < -0.4 is 10.1 Å². The smallest absolute Gasteiger partial charge is 0.160 e. The molecule has 0 aliphatic rings. The van der Waals surface area contributed by atoms with Crippen LogP contribution in [0.25, 0.3) is 0 Å². The molecule has 0 fully saturated rings. The molecular formula is C13H16ClN3O. The lowest BCUT2D eigenvalue weighted by molar-refractivity contribution is 0.416. The van der Waals surface area contributed by atoms with Crippen LogP contribution in [-0.4, -0.2) is 16.9 Å². The first-order chi connectivity index (χ1) is 8.74. The predicted octanol–water partition coefficient (Wildman–Crippen LogP) is 3.18. The minimum atomic E-state index is 0.603. The summed E-state index contributed by atoms with van der Waals surface area (Å²) in [7, 11) is 1.61. The fraction of sp³-hybridized carbons (Fsp3) is 0.308. The third kappa shape index (κ3) is 2.76. The molecule has 1 N–H and O–H groups in total. The first-order valence-corrected chi connectivity index (χ1v) is 6.20. The van der Waals surface area contributed by atoms with Crippen molar-refractivity contribution < 1.29 is 4.74 Å². The molecule has 0 aliphatic heterocycles. The van der Waals surface area contributed by atoms with Crippen molar-refractivity contribution >= 4 is 17.3 Å². The molecule has 0 unspecified atom stereocenters. The van der Waals surface area contributed by atoms with E-state index in [1.807, 2.05) is 29.2 Å². The van der Waals surface area contributed by atoms with Gasteiger partial charge in [-0.05, 0) is 19.1 Å². The molecule has 4 nitrogen and oxygen atoms in total. The van der Waals surface area contributed by atoms with E-state index in [0.29, 0.717) is 17.3 Å². The third-order valence-electron chi connectivity index (χ3n) is 2.66. The summed E-state index contributed by atoms with van der Waals surface area (Å²) in [6.45, 7) is 3.63. The molecule has 0 aliphatic carbocycles. The van der Waals surface area contributed by atoms with Crippen molar-refractivity contribution in [3.05, 3.63) is 41.2 Å². The SMILES string of the molecule is CCn1cc(CNc2cccc(Cl)c2OC)cn1. The number of aromatic nitrogens is 2. The van der Waals surface area contributed by atoms with E-state index in [-0.39, 0.29) is 0 Å². The van der Waals surface area contributed by atoms with Gasteiger partial charge in [0, 0.05) is 24.8 Å². The largest absolute Gasteiger partial charge is 0.493 e. The van der Waals surface area contributed by atoms with Gasteiger partial charge in [0.25, 0.3) is 0 Å². The molecule has 0 atom stereocenters. The Morgan fingerprint density at radius 1 is 1.44 bits per heavy atom. The molecule has 18 heavy (non-hydrogen) atoms. The van der Waals surface area contributed by atoms with Gasteiger partial charge in [0.1, 0.15) is 0 Å². The van der Waals surface area contributed by atoms with Crippen LogP contribution in [0.15, 0.2) is 30.6 Å². The number of benzene rings is 1. The lowest BCUT2D eigenvalue weighted by atomic mass is 10.2. The molecule has 0 bridgehead atoms. The Morgan fingerprint density at radius 2 is 2.28 bits per heavy atom. The molecule has 0 radical (unpaired) electrons. The zero-order chi connectivity index (χ0) is 13.0. The van der Waals surface area contributed by atoms with Crippen molar-refractivity contribution in [3.8, 4) is 5.75 Å². The molecule has 5 heteroatoms. The summed E-state index contributed by atoms with van der Waals surface area (Å²) in [6, 6.07) is 5.64. The Bertz CT molecular complexity index is 525. The lowest BCUT2D eigenvalue weighted by Crippen LogP contribution is -2.01. The molecule has 96 valence electrons. The van der Waals surface area contributed by atoms with Gasteiger partial charge in [0.2, 0.25) is 0 Å². The highest BCUT2D eigenvalue weighted by Gasteiger charge is 2.07. The second-order valence-corrected chi connectivity index (χ2v) is 4.29. The number of aryl methyl sites for hydroxylation is 1.